The summed E-state index contributed by atoms with van der Waals surface area (Å²) in [7, 11) is 0. The van der Waals surface area contributed by atoms with Gasteiger partial charge < -0.3 is 13.9 Å². The fourth-order valence-electron chi connectivity index (χ4n) is 1.28. The Morgan fingerprint density at radius 3 is 2.73 bits per heavy atom. The summed E-state index contributed by atoms with van der Waals surface area (Å²) in [4.78, 5) is 10.8. The molecule has 5 heteroatoms. The molecule has 0 saturated carbocycles. The molecule has 0 bridgehead atoms. The van der Waals surface area contributed by atoms with Crippen molar-refractivity contribution in [3.63, 3.8) is 0 Å². The predicted octanol–water partition coefficient (Wildman–Crippen LogP) is 3.31. The summed E-state index contributed by atoms with van der Waals surface area (Å²) in [5.74, 6) is 0.248. The smallest absolute Gasteiger partial charge is 0.339 e. The number of carboxylic acid groups (broad SMARTS) is 1. The van der Waals surface area contributed by atoms with E-state index in [9.17, 15) is 4.79 Å². The zero-order valence-electron chi connectivity index (χ0n) is 7.78. The zero-order chi connectivity index (χ0) is 11.0. The minimum Gasteiger partial charge on any atom is -0.478 e. The third-order valence-electron chi connectivity index (χ3n) is 1.99. The van der Waals surface area contributed by atoms with Gasteiger partial charge in [-0.2, -0.15) is 0 Å². The van der Waals surface area contributed by atoms with E-state index in [0.29, 0.717) is 17.3 Å². The van der Waals surface area contributed by atoms with Crippen molar-refractivity contribution in [3.8, 4) is 11.5 Å². The van der Waals surface area contributed by atoms with Gasteiger partial charge in [-0.15, -0.1) is 0 Å². The summed E-state index contributed by atoms with van der Waals surface area (Å²) in [6.45, 7) is 1.60. The largest absolute Gasteiger partial charge is 0.478 e. The van der Waals surface area contributed by atoms with Crippen molar-refractivity contribution in [1.82, 2.24) is 0 Å². The zero-order valence-corrected chi connectivity index (χ0v) is 9.37. The van der Waals surface area contributed by atoms with Gasteiger partial charge in [0, 0.05) is 6.07 Å². The van der Waals surface area contributed by atoms with E-state index in [2.05, 4.69) is 15.9 Å². The normalized spacial score (nSPS) is 10.5. The number of aryl methyl sites for hydroxylation is 1. The van der Waals surface area contributed by atoms with Crippen molar-refractivity contribution in [2.75, 3.05) is 0 Å². The first-order chi connectivity index (χ1) is 7.09. The van der Waals surface area contributed by atoms with Crippen LogP contribution in [0.25, 0.3) is 11.5 Å². The predicted molar refractivity (Wildman–Crippen MR) is 55.8 cm³/mol. The van der Waals surface area contributed by atoms with Gasteiger partial charge in [-0.05, 0) is 28.9 Å². The second kappa shape index (κ2) is 3.58. The van der Waals surface area contributed by atoms with Crippen LogP contribution in [0.3, 0.4) is 0 Å². The molecule has 4 nitrogen and oxygen atoms in total. The van der Waals surface area contributed by atoms with E-state index in [1.54, 1.807) is 13.0 Å². The lowest BCUT2D eigenvalue weighted by molar-refractivity contribution is 0.0695. The lowest BCUT2D eigenvalue weighted by Crippen LogP contribution is -1.94. The molecule has 0 aromatic carbocycles. The van der Waals surface area contributed by atoms with Crippen LogP contribution in [0.15, 0.2) is 31.7 Å². The van der Waals surface area contributed by atoms with Crippen LogP contribution in [-0.2, 0) is 0 Å². The van der Waals surface area contributed by atoms with Crippen LogP contribution in [0, 0.1) is 6.92 Å². The second-order valence-electron chi connectivity index (χ2n) is 2.98. The van der Waals surface area contributed by atoms with Crippen molar-refractivity contribution in [2.45, 2.75) is 6.92 Å². The van der Waals surface area contributed by atoms with Crippen LogP contribution in [0.2, 0.25) is 0 Å². The Hall–Kier alpha value is -1.49. The molecule has 1 N–H and O–H groups in total. The number of carboxylic acids is 1. The highest BCUT2D eigenvalue weighted by atomic mass is 79.9. The number of rotatable bonds is 2. The first-order valence-corrected chi connectivity index (χ1v) is 4.96. The highest BCUT2D eigenvalue weighted by Gasteiger charge is 2.18. The summed E-state index contributed by atoms with van der Waals surface area (Å²) in [6, 6.07) is 3.16. The lowest BCUT2D eigenvalue weighted by Gasteiger charge is -1.90. The van der Waals surface area contributed by atoms with Gasteiger partial charge in [-0.3, -0.25) is 0 Å². The lowest BCUT2D eigenvalue weighted by atomic mass is 10.2. The molecule has 0 spiro atoms. The van der Waals surface area contributed by atoms with Crippen molar-refractivity contribution in [1.29, 1.82) is 0 Å². The Labute approximate surface area is 93.6 Å². The quantitative estimate of drug-likeness (QED) is 0.910. The summed E-state index contributed by atoms with van der Waals surface area (Å²) in [6.07, 6.45) is 1.50. The van der Waals surface area contributed by atoms with Gasteiger partial charge in [0.2, 0.25) is 0 Å². The molecule has 2 aromatic heterocycles. The molecular weight excluding hydrogens is 264 g/mol. The molecule has 2 rings (SSSR count). The molecule has 15 heavy (non-hydrogen) atoms. The van der Waals surface area contributed by atoms with Crippen molar-refractivity contribution in [3.05, 3.63) is 34.2 Å². The van der Waals surface area contributed by atoms with E-state index in [1.807, 2.05) is 0 Å². The molecule has 0 amide bonds. The summed E-state index contributed by atoms with van der Waals surface area (Å²) in [5, 5.41) is 8.84. The number of hydrogen-bond acceptors (Lipinski definition) is 3. The Bertz CT molecular complexity index is 509. The number of halogens is 1. The minimum absolute atomic E-state index is 0.147. The van der Waals surface area contributed by atoms with Gasteiger partial charge in [-0.1, -0.05) is 0 Å². The number of carbonyl (C=O) groups is 1. The van der Waals surface area contributed by atoms with Gasteiger partial charge in [0.1, 0.15) is 11.3 Å². The fraction of sp³-hybridized carbons (Fsp3) is 0.100. The van der Waals surface area contributed by atoms with E-state index in [1.165, 1.54) is 12.3 Å². The summed E-state index contributed by atoms with van der Waals surface area (Å²) < 4.78 is 11.2. The van der Waals surface area contributed by atoms with Gasteiger partial charge in [0.05, 0.1) is 10.7 Å². The minimum atomic E-state index is -1.01. The fourth-order valence-corrected chi connectivity index (χ4v) is 1.67. The van der Waals surface area contributed by atoms with E-state index >= 15 is 0 Å². The molecule has 0 aliphatic heterocycles. The van der Waals surface area contributed by atoms with Crippen LogP contribution in [0.5, 0.6) is 0 Å². The molecule has 0 unspecified atom stereocenters. The van der Waals surface area contributed by atoms with Crippen LogP contribution in [0.1, 0.15) is 16.1 Å². The molecule has 0 fully saturated rings. The maximum Gasteiger partial charge on any atom is 0.339 e. The van der Waals surface area contributed by atoms with E-state index in [4.69, 9.17) is 13.9 Å². The maximum absolute atomic E-state index is 10.8. The van der Waals surface area contributed by atoms with Crippen molar-refractivity contribution in [2.24, 2.45) is 0 Å². The third-order valence-corrected chi connectivity index (χ3v) is 2.61. The van der Waals surface area contributed by atoms with Crippen molar-refractivity contribution < 1.29 is 18.7 Å². The molecule has 0 saturated heterocycles. The Balaban J connectivity index is 2.52. The van der Waals surface area contributed by atoms with E-state index in [-0.39, 0.29) is 5.56 Å². The number of furan rings is 2. The van der Waals surface area contributed by atoms with Gasteiger partial charge in [0.25, 0.3) is 0 Å². The maximum atomic E-state index is 10.8. The standard InChI is InChI=1S/C10H7BrO4/c1-5-6(10(12)13)4-8(15-5)9-7(11)2-3-14-9/h2-4H,1H3,(H,12,13). The number of aromatic carboxylic acids is 1. The van der Waals surface area contributed by atoms with Crippen LogP contribution in [0.4, 0.5) is 0 Å². The Morgan fingerprint density at radius 1 is 1.53 bits per heavy atom. The van der Waals surface area contributed by atoms with E-state index < -0.39 is 5.97 Å². The number of hydrogen-bond donors (Lipinski definition) is 1. The highest BCUT2D eigenvalue weighted by Crippen LogP contribution is 2.32. The van der Waals surface area contributed by atoms with Gasteiger partial charge in [0.15, 0.2) is 11.5 Å². The summed E-state index contributed by atoms with van der Waals surface area (Å²) >= 11 is 3.27. The third kappa shape index (κ3) is 1.70. The molecule has 2 heterocycles. The van der Waals surface area contributed by atoms with Crippen LogP contribution >= 0.6 is 15.9 Å². The van der Waals surface area contributed by atoms with E-state index in [0.717, 1.165) is 4.47 Å². The Morgan fingerprint density at radius 2 is 2.27 bits per heavy atom. The molecule has 2 aromatic rings. The highest BCUT2D eigenvalue weighted by molar-refractivity contribution is 9.10. The monoisotopic (exact) mass is 270 g/mol. The first-order valence-electron chi connectivity index (χ1n) is 4.16. The molecule has 0 atom stereocenters. The van der Waals surface area contributed by atoms with Gasteiger partial charge in [-0.25, -0.2) is 4.79 Å². The Kier molecular flexibility index (Phi) is 2.40. The molecule has 78 valence electrons. The van der Waals surface area contributed by atoms with Crippen LogP contribution in [-0.4, -0.2) is 11.1 Å². The van der Waals surface area contributed by atoms with Crippen molar-refractivity contribution >= 4 is 21.9 Å². The van der Waals surface area contributed by atoms with Gasteiger partial charge >= 0.3 is 5.97 Å². The molecular formula is C10H7BrO4. The first kappa shape index (κ1) is 10.0. The second-order valence-corrected chi connectivity index (χ2v) is 3.84. The average molecular weight is 271 g/mol. The topological polar surface area (TPSA) is 63.6 Å². The SMILES string of the molecule is Cc1oc(-c2occc2Br)cc1C(=O)O. The average Bonchev–Trinajstić information content (AvgIpc) is 2.71. The van der Waals surface area contributed by atoms with Crippen LogP contribution < -0.4 is 0 Å². The molecule has 0 aliphatic rings. The molecule has 0 aliphatic carbocycles. The summed E-state index contributed by atoms with van der Waals surface area (Å²) in [5.41, 5.74) is 0.147. The molecule has 0 radical (unpaired) electrons.